The lowest BCUT2D eigenvalue weighted by molar-refractivity contribution is -0.119. The van der Waals surface area contributed by atoms with Gasteiger partial charge in [-0.05, 0) is 23.8 Å². The van der Waals surface area contributed by atoms with Crippen molar-refractivity contribution >= 4 is 18.3 Å². The molecule has 26 heavy (non-hydrogen) atoms. The van der Waals surface area contributed by atoms with Crippen LogP contribution in [0.25, 0.3) is 0 Å². The van der Waals surface area contributed by atoms with Crippen LogP contribution in [-0.4, -0.2) is 26.4 Å². The molecule has 3 N–H and O–H groups in total. The van der Waals surface area contributed by atoms with E-state index >= 15 is 0 Å². The van der Waals surface area contributed by atoms with Gasteiger partial charge in [0.25, 0.3) is 5.91 Å². The van der Waals surface area contributed by atoms with Crippen molar-refractivity contribution in [3.63, 3.8) is 0 Å². The lowest BCUT2D eigenvalue weighted by Gasteiger charge is -2.15. The monoisotopic (exact) mass is 380 g/mol. The molecule has 0 fully saturated rings. The number of halogens is 1. The highest BCUT2D eigenvalue weighted by molar-refractivity contribution is 5.85. The Kier molecular flexibility index (Phi) is 6.94. The van der Waals surface area contributed by atoms with E-state index in [9.17, 15) is 4.79 Å². The summed E-state index contributed by atoms with van der Waals surface area (Å²) in [6.45, 7) is 1.25. The molecule has 0 radical (unpaired) electrons. The van der Waals surface area contributed by atoms with Crippen molar-refractivity contribution in [3.8, 4) is 23.0 Å². The number of hydrogen-bond donors (Lipinski definition) is 2. The highest BCUT2D eigenvalue weighted by Crippen LogP contribution is 2.33. The Bertz CT molecular complexity index is 769. The van der Waals surface area contributed by atoms with Gasteiger partial charge in [-0.3, -0.25) is 4.79 Å². The summed E-state index contributed by atoms with van der Waals surface area (Å²) in [6.07, 6.45) is 0. The molecule has 0 saturated heterocycles. The van der Waals surface area contributed by atoms with Gasteiger partial charge in [0.15, 0.2) is 29.6 Å². The summed E-state index contributed by atoms with van der Waals surface area (Å²) >= 11 is 0. The van der Waals surface area contributed by atoms with Crippen molar-refractivity contribution in [2.24, 2.45) is 5.73 Å². The number of primary amides is 1. The minimum atomic E-state index is -0.537. The highest BCUT2D eigenvalue weighted by Gasteiger charge is 2.14. The van der Waals surface area contributed by atoms with Crippen LogP contribution in [0.15, 0.2) is 36.4 Å². The van der Waals surface area contributed by atoms with Crippen LogP contribution in [0.3, 0.4) is 0 Å². The number of carbonyl (C=O) groups is 1. The first-order valence-corrected chi connectivity index (χ1v) is 7.83. The molecule has 0 bridgehead atoms. The molecule has 8 heteroatoms. The maximum Gasteiger partial charge on any atom is 0.255 e. The number of benzene rings is 2. The Morgan fingerprint density at radius 2 is 2.00 bits per heavy atom. The fourth-order valence-electron chi connectivity index (χ4n) is 2.56. The molecule has 0 aromatic heterocycles. The predicted molar refractivity (Wildman–Crippen MR) is 98.0 cm³/mol. The summed E-state index contributed by atoms with van der Waals surface area (Å²) in [7, 11) is 1.55. The molecule has 0 unspecified atom stereocenters. The molecule has 0 aliphatic carbocycles. The number of amides is 1. The van der Waals surface area contributed by atoms with Gasteiger partial charge >= 0.3 is 0 Å². The van der Waals surface area contributed by atoms with Crippen molar-refractivity contribution < 1.29 is 23.7 Å². The summed E-state index contributed by atoms with van der Waals surface area (Å²) < 4.78 is 21.5. The number of carbonyl (C=O) groups excluding carboxylic acids is 1. The molecular formula is C18H21ClN2O5. The maximum absolute atomic E-state index is 11.0. The molecule has 1 heterocycles. The van der Waals surface area contributed by atoms with Gasteiger partial charge in [0, 0.05) is 18.7 Å². The second-order valence-electron chi connectivity index (χ2n) is 5.49. The predicted octanol–water partition coefficient (Wildman–Crippen LogP) is 2.00. The quantitative estimate of drug-likeness (QED) is 0.727. The maximum atomic E-state index is 11.0. The van der Waals surface area contributed by atoms with Gasteiger partial charge in [0.2, 0.25) is 6.79 Å². The third-order valence-electron chi connectivity index (χ3n) is 3.72. The van der Waals surface area contributed by atoms with Gasteiger partial charge in [0.05, 0.1) is 7.11 Å². The third kappa shape index (κ3) is 4.71. The highest BCUT2D eigenvalue weighted by atomic mass is 35.5. The number of nitrogens with one attached hydrogen (secondary N) is 1. The fourth-order valence-corrected chi connectivity index (χ4v) is 2.56. The second kappa shape index (κ2) is 9.17. The van der Waals surface area contributed by atoms with Crippen molar-refractivity contribution in [1.29, 1.82) is 0 Å². The molecule has 0 saturated carbocycles. The van der Waals surface area contributed by atoms with E-state index in [1.54, 1.807) is 13.2 Å². The summed E-state index contributed by atoms with van der Waals surface area (Å²) in [4.78, 5) is 11.0. The minimum absolute atomic E-state index is 0. The minimum Gasteiger partial charge on any atom is -0.493 e. The molecule has 1 aliphatic heterocycles. The first-order chi connectivity index (χ1) is 12.2. The third-order valence-corrected chi connectivity index (χ3v) is 3.72. The van der Waals surface area contributed by atoms with E-state index in [0.717, 1.165) is 22.6 Å². The number of ether oxygens (including phenoxy) is 4. The Labute approximate surface area is 157 Å². The molecule has 0 spiro atoms. The van der Waals surface area contributed by atoms with Gasteiger partial charge in [0.1, 0.15) is 0 Å². The van der Waals surface area contributed by atoms with Gasteiger partial charge in [-0.15, -0.1) is 12.4 Å². The summed E-state index contributed by atoms with van der Waals surface area (Å²) in [5.41, 5.74) is 7.11. The Morgan fingerprint density at radius 3 is 2.77 bits per heavy atom. The van der Waals surface area contributed by atoms with Crippen molar-refractivity contribution in [2.75, 3.05) is 20.5 Å². The summed E-state index contributed by atoms with van der Waals surface area (Å²) in [5, 5.41) is 3.34. The van der Waals surface area contributed by atoms with E-state index in [1.165, 1.54) is 0 Å². The second-order valence-corrected chi connectivity index (χ2v) is 5.49. The molecule has 1 amide bonds. The van der Waals surface area contributed by atoms with E-state index in [-0.39, 0.29) is 25.8 Å². The van der Waals surface area contributed by atoms with Crippen molar-refractivity contribution in [3.05, 3.63) is 47.5 Å². The SMILES string of the molecule is COc1cccc(CNCc2ccc3c(c2)OCO3)c1OCC(N)=O.Cl. The van der Waals surface area contributed by atoms with Crippen LogP contribution in [0.4, 0.5) is 0 Å². The average molecular weight is 381 g/mol. The molecule has 0 atom stereocenters. The molecule has 7 nitrogen and oxygen atoms in total. The molecular weight excluding hydrogens is 360 g/mol. The smallest absolute Gasteiger partial charge is 0.255 e. The van der Waals surface area contributed by atoms with Crippen molar-refractivity contribution in [1.82, 2.24) is 5.32 Å². The standard InChI is InChI=1S/C18H20N2O5.ClH/c1-22-15-4-2-3-13(18(15)23-10-17(19)21)9-20-8-12-5-6-14-16(7-12)25-11-24-14;/h2-7,20H,8-11H2,1H3,(H2,19,21);1H. The number of para-hydroxylation sites is 1. The normalized spacial score (nSPS) is 11.6. The van der Waals surface area contributed by atoms with Crippen LogP contribution in [-0.2, 0) is 17.9 Å². The number of methoxy groups -OCH3 is 1. The topological polar surface area (TPSA) is 92.0 Å². The van der Waals surface area contributed by atoms with Crippen LogP contribution >= 0.6 is 12.4 Å². The molecule has 1 aliphatic rings. The first kappa shape index (κ1) is 19.7. The number of nitrogens with two attached hydrogens (primary N) is 1. The Hall–Kier alpha value is -2.64. The van der Waals surface area contributed by atoms with Gasteiger partial charge in [-0.1, -0.05) is 18.2 Å². The van der Waals surface area contributed by atoms with E-state index in [4.69, 9.17) is 24.7 Å². The average Bonchev–Trinajstić information content (AvgIpc) is 3.08. The zero-order chi connectivity index (χ0) is 17.6. The Morgan fingerprint density at radius 1 is 1.19 bits per heavy atom. The van der Waals surface area contributed by atoms with Gasteiger partial charge in [-0.25, -0.2) is 0 Å². The van der Waals surface area contributed by atoms with E-state index in [0.29, 0.717) is 24.6 Å². The number of rotatable bonds is 8. The van der Waals surface area contributed by atoms with Crippen LogP contribution in [0.2, 0.25) is 0 Å². The van der Waals surface area contributed by atoms with Crippen LogP contribution in [0.1, 0.15) is 11.1 Å². The fraction of sp³-hybridized carbons (Fsp3) is 0.278. The summed E-state index contributed by atoms with van der Waals surface area (Å²) in [6, 6.07) is 11.4. The lowest BCUT2D eigenvalue weighted by atomic mass is 10.1. The largest absolute Gasteiger partial charge is 0.493 e. The molecule has 2 aromatic rings. The van der Waals surface area contributed by atoms with Gasteiger partial charge < -0.3 is 30.0 Å². The molecule has 3 rings (SSSR count). The zero-order valence-electron chi connectivity index (χ0n) is 14.3. The number of hydrogen-bond acceptors (Lipinski definition) is 6. The first-order valence-electron chi connectivity index (χ1n) is 7.83. The lowest BCUT2D eigenvalue weighted by Crippen LogP contribution is -2.21. The van der Waals surface area contributed by atoms with Gasteiger partial charge in [-0.2, -0.15) is 0 Å². The molecule has 140 valence electrons. The van der Waals surface area contributed by atoms with E-state index in [2.05, 4.69) is 5.32 Å². The van der Waals surface area contributed by atoms with Crippen molar-refractivity contribution in [2.45, 2.75) is 13.1 Å². The summed E-state index contributed by atoms with van der Waals surface area (Å²) in [5.74, 6) is 2.06. The van der Waals surface area contributed by atoms with Crippen LogP contribution in [0, 0.1) is 0 Å². The van der Waals surface area contributed by atoms with E-state index in [1.807, 2.05) is 30.3 Å². The van der Waals surface area contributed by atoms with E-state index < -0.39 is 5.91 Å². The number of fused-ring (bicyclic) bond motifs is 1. The van der Waals surface area contributed by atoms with Crippen LogP contribution in [0.5, 0.6) is 23.0 Å². The zero-order valence-corrected chi connectivity index (χ0v) is 15.1. The van der Waals surface area contributed by atoms with Crippen LogP contribution < -0.4 is 30.0 Å². The Balaban J connectivity index is 0.00000243. The molecule has 2 aromatic carbocycles.